The van der Waals surface area contributed by atoms with Crippen molar-refractivity contribution in [3.63, 3.8) is 0 Å². The molecule has 6 heteroatoms. The number of nitrogens with zero attached hydrogens (tertiary/aromatic N) is 1. The fraction of sp³-hybridized carbons (Fsp3) is 0.917. The molecule has 106 valence electrons. The van der Waals surface area contributed by atoms with Crippen LogP contribution in [-0.4, -0.2) is 36.1 Å². The molecule has 0 bridgehead atoms. The first-order valence-electron chi connectivity index (χ1n) is 6.38. The van der Waals surface area contributed by atoms with E-state index >= 15 is 0 Å². The molecule has 0 saturated carbocycles. The van der Waals surface area contributed by atoms with Gasteiger partial charge in [0.15, 0.2) is 0 Å². The van der Waals surface area contributed by atoms with E-state index < -0.39 is 18.1 Å². The molecule has 1 rings (SSSR count). The van der Waals surface area contributed by atoms with E-state index in [-0.39, 0.29) is 24.8 Å². The van der Waals surface area contributed by atoms with Gasteiger partial charge >= 0.3 is 6.18 Å². The number of hydrogen-bond donors (Lipinski definition) is 1. The lowest BCUT2D eigenvalue weighted by molar-refractivity contribution is -0.188. The number of hydrogen-bond acceptors (Lipinski definition) is 2. The molecule has 0 radical (unpaired) electrons. The van der Waals surface area contributed by atoms with Gasteiger partial charge in [0.25, 0.3) is 0 Å². The highest BCUT2D eigenvalue weighted by molar-refractivity contribution is 5.82. The lowest BCUT2D eigenvalue weighted by Crippen LogP contribution is -2.52. The molecule has 3 nitrogen and oxygen atoms in total. The third-order valence-electron chi connectivity index (χ3n) is 3.74. The van der Waals surface area contributed by atoms with Gasteiger partial charge in [-0.1, -0.05) is 20.3 Å². The molecule has 1 heterocycles. The highest BCUT2D eigenvalue weighted by Crippen LogP contribution is 2.33. The van der Waals surface area contributed by atoms with Crippen molar-refractivity contribution in [3.8, 4) is 0 Å². The Morgan fingerprint density at radius 1 is 1.50 bits per heavy atom. The van der Waals surface area contributed by atoms with Crippen molar-refractivity contribution < 1.29 is 18.0 Å². The molecule has 0 aliphatic carbocycles. The summed E-state index contributed by atoms with van der Waals surface area (Å²) in [5.74, 6) is -1.76. The maximum absolute atomic E-state index is 12.6. The smallest absolute Gasteiger partial charge is 0.341 e. The van der Waals surface area contributed by atoms with E-state index in [1.165, 1.54) is 4.90 Å². The van der Waals surface area contributed by atoms with Gasteiger partial charge in [0, 0.05) is 13.1 Å². The Balaban J connectivity index is 2.64. The van der Waals surface area contributed by atoms with Crippen LogP contribution in [0.5, 0.6) is 0 Å². The summed E-state index contributed by atoms with van der Waals surface area (Å²) in [7, 11) is 0. The minimum absolute atomic E-state index is 0.0104. The number of alkyl halides is 3. The van der Waals surface area contributed by atoms with Gasteiger partial charge in [0.1, 0.15) is 0 Å². The second-order valence-corrected chi connectivity index (χ2v) is 5.08. The molecule has 18 heavy (non-hydrogen) atoms. The Bertz CT molecular complexity index is 294. The summed E-state index contributed by atoms with van der Waals surface area (Å²) in [6.45, 7) is 3.89. The van der Waals surface area contributed by atoms with E-state index in [1.807, 2.05) is 13.8 Å². The van der Waals surface area contributed by atoms with Gasteiger partial charge in [-0.25, -0.2) is 0 Å². The molecule has 1 fully saturated rings. The van der Waals surface area contributed by atoms with Gasteiger partial charge in [0.2, 0.25) is 5.91 Å². The van der Waals surface area contributed by atoms with Crippen LogP contribution in [0, 0.1) is 11.8 Å². The van der Waals surface area contributed by atoms with Crippen LogP contribution in [-0.2, 0) is 4.79 Å². The van der Waals surface area contributed by atoms with Crippen molar-refractivity contribution in [2.75, 3.05) is 13.1 Å². The Morgan fingerprint density at radius 3 is 2.61 bits per heavy atom. The molecular formula is C12H21F3N2O. The van der Waals surface area contributed by atoms with Gasteiger partial charge in [-0.05, 0) is 18.8 Å². The summed E-state index contributed by atoms with van der Waals surface area (Å²) in [5, 5.41) is 0. The summed E-state index contributed by atoms with van der Waals surface area (Å²) in [6.07, 6.45) is -2.99. The van der Waals surface area contributed by atoms with E-state index in [2.05, 4.69) is 0 Å². The maximum Gasteiger partial charge on any atom is 0.393 e. The third-order valence-corrected chi connectivity index (χ3v) is 3.74. The molecule has 1 unspecified atom stereocenters. The molecule has 1 saturated heterocycles. The SMILES string of the molecule is CC[C@H](C)[C@H](N)C(=O)N1CCCC(C(F)(F)F)C1. The van der Waals surface area contributed by atoms with Crippen molar-refractivity contribution in [3.05, 3.63) is 0 Å². The first kappa shape index (κ1) is 15.3. The highest BCUT2D eigenvalue weighted by atomic mass is 19.4. The van der Waals surface area contributed by atoms with Crippen LogP contribution in [0.2, 0.25) is 0 Å². The van der Waals surface area contributed by atoms with Crippen molar-refractivity contribution in [1.29, 1.82) is 0 Å². The number of piperidine rings is 1. The predicted octanol–water partition coefficient (Wildman–Crippen LogP) is 2.16. The summed E-state index contributed by atoms with van der Waals surface area (Å²) >= 11 is 0. The number of carbonyl (C=O) groups is 1. The van der Waals surface area contributed by atoms with Crippen LogP contribution >= 0.6 is 0 Å². The van der Waals surface area contributed by atoms with Gasteiger partial charge in [0.05, 0.1) is 12.0 Å². The van der Waals surface area contributed by atoms with Gasteiger partial charge < -0.3 is 10.6 Å². The molecule has 1 amide bonds. The number of amides is 1. The number of nitrogens with two attached hydrogens (primary N) is 1. The number of carbonyl (C=O) groups excluding carboxylic acids is 1. The van der Waals surface area contributed by atoms with E-state index in [4.69, 9.17) is 5.73 Å². The van der Waals surface area contributed by atoms with Crippen molar-refractivity contribution in [1.82, 2.24) is 4.90 Å². The minimum atomic E-state index is -4.22. The second kappa shape index (κ2) is 5.91. The summed E-state index contributed by atoms with van der Waals surface area (Å²) in [6, 6.07) is -0.693. The molecule has 0 aromatic heterocycles. The second-order valence-electron chi connectivity index (χ2n) is 5.08. The average Bonchev–Trinajstić information content (AvgIpc) is 2.35. The Hall–Kier alpha value is -0.780. The standard InChI is InChI=1S/C12H21F3N2O/c1-3-8(2)10(16)11(18)17-6-4-5-9(7-17)12(13,14)15/h8-10H,3-7,16H2,1-2H3/t8-,9?,10-/m0/s1. The molecule has 2 N–H and O–H groups in total. The largest absolute Gasteiger partial charge is 0.393 e. The van der Waals surface area contributed by atoms with Crippen molar-refractivity contribution in [2.24, 2.45) is 17.6 Å². The fourth-order valence-corrected chi connectivity index (χ4v) is 2.15. The van der Waals surface area contributed by atoms with Gasteiger partial charge in [-0.15, -0.1) is 0 Å². The van der Waals surface area contributed by atoms with E-state index in [1.54, 1.807) is 0 Å². The predicted molar refractivity (Wildman–Crippen MR) is 62.8 cm³/mol. The number of halogens is 3. The van der Waals surface area contributed by atoms with Crippen molar-refractivity contribution >= 4 is 5.91 Å². The molecule has 1 aliphatic heterocycles. The van der Waals surface area contributed by atoms with Crippen LogP contribution in [0.3, 0.4) is 0 Å². The Kier molecular flexibility index (Phi) is 5.01. The minimum Gasteiger partial charge on any atom is -0.341 e. The lowest BCUT2D eigenvalue weighted by Gasteiger charge is -2.36. The maximum atomic E-state index is 12.6. The van der Waals surface area contributed by atoms with Crippen LogP contribution < -0.4 is 5.73 Å². The molecule has 3 atom stereocenters. The first-order chi connectivity index (χ1) is 8.27. The van der Waals surface area contributed by atoms with Gasteiger partial charge in [-0.3, -0.25) is 4.79 Å². The normalized spacial score (nSPS) is 24.8. The molecule has 1 aliphatic rings. The quantitative estimate of drug-likeness (QED) is 0.851. The van der Waals surface area contributed by atoms with Gasteiger partial charge in [-0.2, -0.15) is 13.2 Å². The van der Waals surface area contributed by atoms with E-state index in [0.29, 0.717) is 13.0 Å². The number of rotatable bonds is 3. The van der Waals surface area contributed by atoms with E-state index in [0.717, 1.165) is 6.42 Å². The van der Waals surface area contributed by atoms with E-state index in [9.17, 15) is 18.0 Å². The monoisotopic (exact) mass is 266 g/mol. The number of likely N-dealkylation sites (tertiary alicyclic amines) is 1. The molecule has 0 spiro atoms. The van der Waals surface area contributed by atoms with Crippen LogP contribution in [0.4, 0.5) is 13.2 Å². The first-order valence-corrected chi connectivity index (χ1v) is 6.38. The Morgan fingerprint density at radius 2 is 2.11 bits per heavy atom. The zero-order valence-electron chi connectivity index (χ0n) is 10.8. The van der Waals surface area contributed by atoms with Crippen LogP contribution in [0.15, 0.2) is 0 Å². The highest BCUT2D eigenvalue weighted by Gasteiger charge is 2.43. The summed E-state index contributed by atoms with van der Waals surface area (Å²) in [4.78, 5) is 13.3. The zero-order valence-corrected chi connectivity index (χ0v) is 10.8. The third kappa shape index (κ3) is 3.60. The summed E-state index contributed by atoms with van der Waals surface area (Å²) < 4.78 is 37.9. The molecular weight excluding hydrogens is 245 g/mol. The van der Waals surface area contributed by atoms with Crippen molar-refractivity contribution in [2.45, 2.75) is 45.3 Å². The van der Waals surface area contributed by atoms with Crippen LogP contribution in [0.1, 0.15) is 33.1 Å². The lowest BCUT2D eigenvalue weighted by atomic mass is 9.94. The zero-order chi connectivity index (χ0) is 13.9. The summed E-state index contributed by atoms with van der Waals surface area (Å²) in [5.41, 5.74) is 5.78. The average molecular weight is 266 g/mol. The molecule has 0 aromatic carbocycles. The van der Waals surface area contributed by atoms with Crippen LogP contribution in [0.25, 0.3) is 0 Å². The molecule has 0 aromatic rings. The Labute approximate surface area is 106 Å². The topological polar surface area (TPSA) is 46.3 Å². The fourth-order valence-electron chi connectivity index (χ4n) is 2.15.